The van der Waals surface area contributed by atoms with Crippen molar-refractivity contribution in [3.63, 3.8) is 0 Å². The minimum Gasteiger partial charge on any atom is -0.422 e. The summed E-state index contributed by atoms with van der Waals surface area (Å²) in [6, 6.07) is 5.49. The second kappa shape index (κ2) is 6.22. The van der Waals surface area contributed by atoms with Gasteiger partial charge < -0.3 is 15.1 Å². The molecule has 1 aromatic carbocycles. The van der Waals surface area contributed by atoms with Crippen LogP contribution < -0.4 is 16.3 Å². The number of nitrogens with one attached hydrogen (secondary N) is 2. The number of amides is 1. The van der Waals surface area contributed by atoms with E-state index in [0.717, 1.165) is 35.8 Å². The Morgan fingerprint density at radius 3 is 2.82 bits per heavy atom. The molecule has 0 atom stereocenters. The normalized spacial score (nSPS) is 15.9. The van der Waals surface area contributed by atoms with Crippen LogP contribution in [0.3, 0.4) is 0 Å². The van der Waals surface area contributed by atoms with E-state index >= 15 is 0 Å². The topological polar surface area (TPSA) is 71.3 Å². The fraction of sp³-hybridized carbons (Fsp3) is 0.375. The molecule has 1 amide bonds. The molecule has 0 radical (unpaired) electrons. The highest BCUT2D eigenvalue weighted by atomic mass is 79.9. The molecule has 1 fully saturated rings. The second-order valence-electron chi connectivity index (χ2n) is 5.53. The summed E-state index contributed by atoms with van der Waals surface area (Å²) in [5.41, 5.74) is 0.658. The summed E-state index contributed by atoms with van der Waals surface area (Å²) in [5, 5.41) is 6.96. The minimum absolute atomic E-state index is 0.101. The van der Waals surface area contributed by atoms with Crippen LogP contribution in [0.2, 0.25) is 0 Å². The van der Waals surface area contributed by atoms with E-state index in [-0.39, 0.29) is 17.5 Å². The van der Waals surface area contributed by atoms with Crippen molar-refractivity contribution in [3.05, 3.63) is 44.2 Å². The van der Waals surface area contributed by atoms with Crippen LogP contribution in [0.5, 0.6) is 0 Å². The molecule has 1 aliphatic rings. The monoisotopic (exact) mass is 364 g/mol. The van der Waals surface area contributed by atoms with E-state index in [2.05, 4.69) is 26.6 Å². The highest BCUT2D eigenvalue weighted by Gasteiger charge is 2.22. The first-order valence-electron chi connectivity index (χ1n) is 7.31. The number of halogens is 1. The van der Waals surface area contributed by atoms with Crippen LogP contribution in [0.25, 0.3) is 11.0 Å². The Hall–Kier alpha value is -1.66. The molecule has 0 saturated carbocycles. The second-order valence-corrected chi connectivity index (χ2v) is 6.44. The zero-order valence-electron chi connectivity index (χ0n) is 12.2. The summed E-state index contributed by atoms with van der Waals surface area (Å²) in [5.74, 6) is -0.347. The Bertz CT molecular complexity index is 779. The van der Waals surface area contributed by atoms with Gasteiger partial charge in [-0.1, -0.05) is 15.9 Å². The van der Waals surface area contributed by atoms with Gasteiger partial charge in [0.05, 0.1) is 0 Å². The standard InChI is InChI=1S/C16H17BrN2O3/c1-9-12-8-10(17)2-3-13(12)22-16(21)14(9)15(20)19-11-4-6-18-7-5-11/h2-3,8,11,18H,4-7H2,1H3,(H,19,20). The lowest BCUT2D eigenvalue weighted by molar-refractivity contribution is 0.0925. The lowest BCUT2D eigenvalue weighted by Gasteiger charge is -2.23. The van der Waals surface area contributed by atoms with Crippen molar-refractivity contribution in [3.8, 4) is 0 Å². The maximum atomic E-state index is 12.5. The third-order valence-corrected chi connectivity index (χ3v) is 4.52. The zero-order chi connectivity index (χ0) is 15.7. The van der Waals surface area contributed by atoms with Crippen LogP contribution in [0.4, 0.5) is 0 Å². The summed E-state index contributed by atoms with van der Waals surface area (Å²) in [7, 11) is 0. The van der Waals surface area contributed by atoms with Gasteiger partial charge in [-0.05, 0) is 56.6 Å². The molecular formula is C16H17BrN2O3. The SMILES string of the molecule is Cc1c(C(=O)NC2CCNCC2)c(=O)oc2ccc(Br)cc12. The molecule has 6 heteroatoms. The smallest absolute Gasteiger partial charge is 0.349 e. The maximum Gasteiger partial charge on any atom is 0.349 e. The number of piperidine rings is 1. The number of carbonyl (C=O) groups excluding carboxylic acids is 1. The maximum absolute atomic E-state index is 12.5. The predicted molar refractivity (Wildman–Crippen MR) is 88.3 cm³/mol. The fourth-order valence-corrected chi connectivity index (χ4v) is 3.17. The molecular weight excluding hydrogens is 348 g/mol. The van der Waals surface area contributed by atoms with Gasteiger partial charge in [-0.2, -0.15) is 0 Å². The molecule has 0 aliphatic carbocycles. The Kier molecular flexibility index (Phi) is 4.31. The average Bonchev–Trinajstić information content (AvgIpc) is 2.49. The van der Waals surface area contributed by atoms with Gasteiger partial charge in [0.25, 0.3) is 5.91 Å². The van der Waals surface area contributed by atoms with Crippen LogP contribution in [0.15, 0.2) is 31.9 Å². The molecule has 1 aromatic heterocycles. The van der Waals surface area contributed by atoms with Crippen molar-refractivity contribution in [2.75, 3.05) is 13.1 Å². The van der Waals surface area contributed by atoms with Crippen LogP contribution in [0, 0.1) is 6.92 Å². The minimum atomic E-state index is -0.584. The van der Waals surface area contributed by atoms with Crippen LogP contribution in [0.1, 0.15) is 28.8 Å². The number of benzene rings is 1. The first-order chi connectivity index (χ1) is 10.6. The van der Waals surface area contributed by atoms with E-state index in [1.54, 1.807) is 19.1 Å². The number of carbonyl (C=O) groups is 1. The lowest BCUT2D eigenvalue weighted by atomic mass is 10.0. The van der Waals surface area contributed by atoms with Gasteiger partial charge in [-0.3, -0.25) is 4.79 Å². The first kappa shape index (κ1) is 15.2. The van der Waals surface area contributed by atoms with Crippen molar-refractivity contribution in [2.24, 2.45) is 0 Å². The van der Waals surface area contributed by atoms with Gasteiger partial charge in [-0.25, -0.2) is 4.79 Å². The zero-order valence-corrected chi connectivity index (χ0v) is 13.8. The molecule has 5 nitrogen and oxygen atoms in total. The summed E-state index contributed by atoms with van der Waals surface area (Å²) >= 11 is 3.40. The van der Waals surface area contributed by atoms with Gasteiger partial charge >= 0.3 is 5.63 Å². The molecule has 2 N–H and O–H groups in total. The number of hydrogen-bond acceptors (Lipinski definition) is 4. The van der Waals surface area contributed by atoms with E-state index < -0.39 is 5.63 Å². The van der Waals surface area contributed by atoms with Gasteiger partial charge in [0.15, 0.2) is 0 Å². The molecule has 0 spiro atoms. The van der Waals surface area contributed by atoms with E-state index in [4.69, 9.17) is 4.42 Å². The highest BCUT2D eigenvalue weighted by molar-refractivity contribution is 9.10. The van der Waals surface area contributed by atoms with Crippen LogP contribution in [-0.4, -0.2) is 25.0 Å². The number of rotatable bonds is 2. The van der Waals surface area contributed by atoms with E-state index in [1.807, 2.05) is 6.07 Å². The first-order valence-corrected chi connectivity index (χ1v) is 8.10. The van der Waals surface area contributed by atoms with Gasteiger partial charge in [0, 0.05) is 15.9 Å². The van der Waals surface area contributed by atoms with E-state index in [0.29, 0.717) is 11.1 Å². The van der Waals surface area contributed by atoms with E-state index in [9.17, 15) is 9.59 Å². The van der Waals surface area contributed by atoms with Gasteiger partial charge in [0.2, 0.25) is 0 Å². The van der Waals surface area contributed by atoms with Crippen LogP contribution >= 0.6 is 15.9 Å². The predicted octanol–water partition coefficient (Wildman–Crippen LogP) is 2.35. The van der Waals surface area contributed by atoms with Crippen molar-refractivity contribution in [2.45, 2.75) is 25.8 Å². The lowest BCUT2D eigenvalue weighted by Crippen LogP contribution is -2.44. The molecule has 0 bridgehead atoms. The van der Waals surface area contributed by atoms with Crippen LogP contribution in [-0.2, 0) is 0 Å². The van der Waals surface area contributed by atoms with E-state index in [1.165, 1.54) is 0 Å². The Morgan fingerprint density at radius 2 is 2.09 bits per heavy atom. The number of fused-ring (bicyclic) bond motifs is 1. The molecule has 1 saturated heterocycles. The molecule has 2 aromatic rings. The summed E-state index contributed by atoms with van der Waals surface area (Å²) < 4.78 is 6.17. The average molecular weight is 365 g/mol. The van der Waals surface area contributed by atoms with Gasteiger partial charge in [-0.15, -0.1) is 0 Å². The van der Waals surface area contributed by atoms with Crippen molar-refractivity contribution >= 4 is 32.8 Å². The molecule has 116 valence electrons. The molecule has 3 rings (SSSR count). The third kappa shape index (κ3) is 2.94. The summed E-state index contributed by atoms with van der Waals surface area (Å²) in [6.07, 6.45) is 1.74. The van der Waals surface area contributed by atoms with Gasteiger partial charge in [0.1, 0.15) is 11.1 Å². The van der Waals surface area contributed by atoms with Crippen molar-refractivity contribution in [1.29, 1.82) is 0 Å². The summed E-state index contributed by atoms with van der Waals surface area (Å²) in [4.78, 5) is 24.7. The van der Waals surface area contributed by atoms with Crippen molar-refractivity contribution in [1.82, 2.24) is 10.6 Å². The quantitative estimate of drug-likeness (QED) is 0.802. The fourth-order valence-electron chi connectivity index (χ4n) is 2.81. The largest absolute Gasteiger partial charge is 0.422 e. The molecule has 2 heterocycles. The van der Waals surface area contributed by atoms with Crippen molar-refractivity contribution < 1.29 is 9.21 Å². The summed E-state index contributed by atoms with van der Waals surface area (Å²) in [6.45, 7) is 3.54. The number of hydrogen-bond donors (Lipinski definition) is 2. The molecule has 0 unspecified atom stereocenters. The number of aryl methyl sites for hydroxylation is 1. The molecule has 22 heavy (non-hydrogen) atoms. The Morgan fingerprint density at radius 1 is 1.36 bits per heavy atom. The highest BCUT2D eigenvalue weighted by Crippen LogP contribution is 2.23. The Balaban J connectivity index is 1.98. The molecule has 1 aliphatic heterocycles. The Labute approximate surface area is 136 Å². The third-order valence-electron chi connectivity index (χ3n) is 4.03.